The molecule has 0 saturated carbocycles. The highest BCUT2D eigenvalue weighted by Gasteiger charge is 2.16. The van der Waals surface area contributed by atoms with Crippen LogP contribution in [0.15, 0.2) is 90.1 Å². The Balaban J connectivity index is 1.62. The van der Waals surface area contributed by atoms with Gasteiger partial charge in [0.15, 0.2) is 0 Å². The summed E-state index contributed by atoms with van der Waals surface area (Å²) < 4.78 is 26.3. The van der Waals surface area contributed by atoms with Crippen molar-refractivity contribution < 1.29 is 13.9 Å². The van der Waals surface area contributed by atoms with Gasteiger partial charge in [-0.3, -0.25) is 0 Å². The van der Waals surface area contributed by atoms with Crippen molar-refractivity contribution in [1.82, 2.24) is 9.97 Å². The van der Waals surface area contributed by atoms with Crippen LogP contribution < -0.4 is 10.4 Å². The molecule has 1 atom stereocenters. The molecule has 2 aromatic rings. The molecule has 0 amide bonds. The molecule has 0 radical (unpaired) electrons. The minimum absolute atomic E-state index is 0.103. The maximum absolute atomic E-state index is 13.2. The number of hydrogen-bond acceptors (Lipinski definition) is 5. The van der Waals surface area contributed by atoms with Crippen molar-refractivity contribution in [3.8, 4) is 0 Å². The van der Waals surface area contributed by atoms with Crippen molar-refractivity contribution in [2.75, 3.05) is 5.32 Å². The molecule has 150 valence electrons. The van der Waals surface area contributed by atoms with Gasteiger partial charge < -0.3 is 15.8 Å². The summed E-state index contributed by atoms with van der Waals surface area (Å²) in [7, 11) is 0. The zero-order valence-electron chi connectivity index (χ0n) is 15.8. The Morgan fingerprint density at radius 1 is 1.10 bits per heavy atom. The van der Waals surface area contributed by atoms with Crippen LogP contribution in [0.5, 0.6) is 0 Å². The predicted octanol–water partition coefficient (Wildman–Crippen LogP) is 4.38. The highest BCUT2D eigenvalue weighted by atomic mass is 19.1. The number of halogens is 2. The van der Waals surface area contributed by atoms with E-state index in [-0.39, 0.29) is 35.1 Å². The van der Waals surface area contributed by atoms with E-state index in [0.29, 0.717) is 22.9 Å². The van der Waals surface area contributed by atoms with Gasteiger partial charge in [-0.2, -0.15) is 0 Å². The topological polar surface area (TPSA) is 84.7 Å². The largest absolute Gasteiger partial charge is 0.875 e. The molecule has 5 nitrogen and oxygen atoms in total. The van der Waals surface area contributed by atoms with Gasteiger partial charge in [0, 0.05) is 17.5 Å². The van der Waals surface area contributed by atoms with E-state index in [1.165, 1.54) is 30.4 Å². The lowest BCUT2D eigenvalue weighted by atomic mass is 9.90. The molecule has 7 heteroatoms. The standard InChI is InChI=1S/C23H18F2N4O/c24-16-4-1-14(2-5-16)22(30)19-13-15(3-10-20(19)26)21-11-12-27-23(29-21)28-18-8-6-17(25)7-9-18/h1,3-14,26,30H,2H2,(H,27,28,29)/p-1/b22-19-,26-20?. The van der Waals surface area contributed by atoms with E-state index in [2.05, 4.69) is 15.3 Å². The Bertz CT molecular complexity index is 1140. The Hall–Kier alpha value is -3.87. The first-order chi connectivity index (χ1) is 14.5. The van der Waals surface area contributed by atoms with Crippen LogP contribution >= 0.6 is 0 Å². The molecular weight excluding hydrogens is 386 g/mol. The smallest absolute Gasteiger partial charge is 0.227 e. The Morgan fingerprint density at radius 3 is 2.63 bits per heavy atom. The van der Waals surface area contributed by atoms with Crippen LogP contribution in [0.2, 0.25) is 0 Å². The summed E-state index contributed by atoms with van der Waals surface area (Å²) >= 11 is 0. The number of hydrogen-bond donors (Lipinski definition) is 2. The maximum Gasteiger partial charge on any atom is 0.227 e. The monoisotopic (exact) mass is 403 g/mol. The summed E-state index contributed by atoms with van der Waals surface area (Å²) in [5.74, 6) is -1.11. The summed E-state index contributed by atoms with van der Waals surface area (Å²) in [5.41, 5.74) is 2.21. The fourth-order valence-corrected chi connectivity index (χ4v) is 3.14. The summed E-state index contributed by atoms with van der Waals surface area (Å²) in [5, 5.41) is 24.0. The molecule has 0 spiro atoms. The van der Waals surface area contributed by atoms with E-state index < -0.39 is 5.92 Å². The average molecular weight is 403 g/mol. The lowest BCUT2D eigenvalue weighted by Crippen LogP contribution is -2.20. The van der Waals surface area contributed by atoms with Crippen LogP contribution in [0.3, 0.4) is 0 Å². The molecule has 1 aromatic carbocycles. The van der Waals surface area contributed by atoms with Crippen molar-refractivity contribution in [2.24, 2.45) is 5.92 Å². The van der Waals surface area contributed by atoms with Gasteiger partial charge in [-0.1, -0.05) is 12.2 Å². The first-order valence-corrected chi connectivity index (χ1v) is 9.29. The van der Waals surface area contributed by atoms with Gasteiger partial charge in [-0.25, -0.2) is 18.7 Å². The molecule has 2 aliphatic carbocycles. The fraction of sp³-hybridized carbons (Fsp3) is 0.0870. The predicted molar refractivity (Wildman–Crippen MR) is 110 cm³/mol. The second kappa shape index (κ2) is 8.24. The Labute approximate surface area is 172 Å². The first-order valence-electron chi connectivity index (χ1n) is 9.29. The molecule has 2 aliphatic rings. The molecule has 0 aliphatic heterocycles. The third-order valence-electron chi connectivity index (χ3n) is 4.73. The second-order valence-electron chi connectivity index (χ2n) is 6.81. The van der Waals surface area contributed by atoms with Gasteiger partial charge in [0.2, 0.25) is 5.95 Å². The Morgan fingerprint density at radius 2 is 1.90 bits per heavy atom. The molecule has 0 fully saturated rings. The van der Waals surface area contributed by atoms with Crippen molar-refractivity contribution in [3.63, 3.8) is 0 Å². The zero-order chi connectivity index (χ0) is 21.1. The minimum Gasteiger partial charge on any atom is -0.875 e. The lowest BCUT2D eigenvalue weighted by molar-refractivity contribution is -0.313. The summed E-state index contributed by atoms with van der Waals surface area (Å²) in [6, 6.07) is 7.51. The van der Waals surface area contributed by atoms with Crippen molar-refractivity contribution in [2.45, 2.75) is 6.42 Å². The number of allylic oxidation sites excluding steroid dienone is 9. The summed E-state index contributed by atoms with van der Waals surface area (Å²) in [6.45, 7) is 0. The van der Waals surface area contributed by atoms with Gasteiger partial charge in [0.05, 0.1) is 11.4 Å². The molecule has 30 heavy (non-hydrogen) atoms. The quantitative estimate of drug-likeness (QED) is 0.742. The lowest BCUT2D eigenvalue weighted by Gasteiger charge is -2.27. The minimum atomic E-state index is -0.495. The number of nitrogens with one attached hydrogen (secondary N) is 2. The van der Waals surface area contributed by atoms with Crippen molar-refractivity contribution in [1.29, 1.82) is 5.41 Å². The molecule has 4 rings (SSSR count). The van der Waals surface area contributed by atoms with E-state index in [1.807, 2.05) is 0 Å². The number of anilines is 2. The molecule has 0 saturated heterocycles. The van der Waals surface area contributed by atoms with Crippen molar-refractivity contribution in [3.05, 3.63) is 102 Å². The fourth-order valence-electron chi connectivity index (χ4n) is 3.14. The van der Waals surface area contributed by atoms with Gasteiger partial charge in [0.25, 0.3) is 0 Å². The van der Waals surface area contributed by atoms with E-state index in [0.717, 1.165) is 0 Å². The van der Waals surface area contributed by atoms with E-state index in [4.69, 9.17) is 5.41 Å². The van der Waals surface area contributed by atoms with E-state index >= 15 is 0 Å². The number of rotatable bonds is 4. The van der Waals surface area contributed by atoms with Crippen LogP contribution in [0.4, 0.5) is 20.4 Å². The van der Waals surface area contributed by atoms with Crippen LogP contribution in [0, 0.1) is 17.1 Å². The third kappa shape index (κ3) is 4.25. The molecule has 1 heterocycles. The number of nitrogens with zero attached hydrogens (tertiary/aromatic N) is 2. The first kappa shape index (κ1) is 19.4. The van der Waals surface area contributed by atoms with Crippen LogP contribution in [0.1, 0.15) is 12.1 Å². The van der Waals surface area contributed by atoms with Crippen molar-refractivity contribution >= 4 is 22.9 Å². The second-order valence-corrected chi connectivity index (χ2v) is 6.81. The van der Waals surface area contributed by atoms with Gasteiger partial charge in [-0.15, -0.1) is 5.76 Å². The number of aromatic nitrogens is 2. The SMILES string of the molecule is N=C1C=CC(c2ccnc(Nc3ccc(F)cc3)n2)=C/C1=C(/[O-])C1C=CC(F)=CC1. The highest BCUT2D eigenvalue weighted by molar-refractivity contribution is 6.13. The van der Waals surface area contributed by atoms with E-state index in [9.17, 15) is 13.9 Å². The van der Waals surface area contributed by atoms with Crippen LogP contribution in [0.25, 0.3) is 5.57 Å². The van der Waals surface area contributed by atoms with E-state index in [1.54, 1.807) is 42.6 Å². The average Bonchev–Trinajstić information content (AvgIpc) is 2.76. The molecule has 1 aromatic heterocycles. The summed E-state index contributed by atoms with van der Waals surface area (Å²) in [6.07, 6.45) is 10.9. The number of benzene rings is 1. The van der Waals surface area contributed by atoms with Gasteiger partial charge >= 0.3 is 0 Å². The van der Waals surface area contributed by atoms with Gasteiger partial charge in [-0.05, 0) is 72.5 Å². The molecular formula is C23H17F2N4O-. The maximum atomic E-state index is 13.2. The zero-order valence-corrected chi connectivity index (χ0v) is 15.8. The summed E-state index contributed by atoms with van der Waals surface area (Å²) in [4.78, 5) is 8.62. The highest BCUT2D eigenvalue weighted by Crippen LogP contribution is 2.28. The van der Waals surface area contributed by atoms with Crippen LogP contribution in [-0.2, 0) is 0 Å². The molecule has 1 unspecified atom stereocenters. The van der Waals surface area contributed by atoms with Crippen LogP contribution in [-0.4, -0.2) is 15.7 Å². The Kier molecular flexibility index (Phi) is 5.34. The third-order valence-corrected chi connectivity index (χ3v) is 4.73. The normalized spacial score (nSPS) is 19.9. The van der Waals surface area contributed by atoms with Gasteiger partial charge in [0.1, 0.15) is 11.6 Å². The molecule has 2 N–H and O–H groups in total. The molecule has 0 bridgehead atoms.